The standard InChI is InChI=1S/C12H22N4O2S/c1-10-14-9-12(15-10)19(17,18)16-8-4-3-5-11(16)6-7-13-2/h9,11,13H,3-8H2,1-2H3,(H,14,15). The Morgan fingerprint density at radius 1 is 1.53 bits per heavy atom. The molecule has 0 aliphatic carbocycles. The number of piperidine rings is 1. The summed E-state index contributed by atoms with van der Waals surface area (Å²) >= 11 is 0. The van der Waals surface area contributed by atoms with Gasteiger partial charge in [-0.1, -0.05) is 6.42 Å². The van der Waals surface area contributed by atoms with Crippen LogP contribution in [-0.4, -0.2) is 48.9 Å². The van der Waals surface area contributed by atoms with Crippen molar-refractivity contribution in [3.63, 3.8) is 0 Å². The van der Waals surface area contributed by atoms with Crippen molar-refractivity contribution in [2.45, 2.75) is 43.7 Å². The zero-order valence-electron chi connectivity index (χ0n) is 11.5. The maximum absolute atomic E-state index is 12.6. The molecule has 1 aliphatic heterocycles. The van der Waals surface area contributed by atoms with Crippen LogP contribution in [0.25, 0.3) is 0 Å². The number of nitrogens with one attached hydrogen (secondary N) is 2. The molecule has 1 saturated heterocycles. The molecular weight excluding hydrogens is 264 g/mol. The Bertz CT molecular complexity index is 512. The zero-order valence-corrected chi connectivity index (χ0v) is 12.3. The summed E-state index contributed by atoms with van der Waals surface area (Å²) in [6.07, 6.45) is 5.23. The lowest BCUT2D eigenvalue weighted by atomic mass is 10.0. The van der Waals surface area contributed by atoms with Gasteiger partial charge in [-0.15, -0.1) is 0 Å². The van der Waals surface area contributed by atoms with Gasteiger partial charge in [0.25, 0.3) is 10.0 Å². The first kappa shape index (κ1) is 14.5. The molecule has 2 heterocycles. The molecule has 1 aromatic heterocycles. The first-order valence-electron chi connectivity index (χ1n) is 6.73. The number of aromatic nitrogens is 2. The maximum atomic E-state index is 12.6. The summed E-state index contributed by atoms with van der Waals surface area (Å²) in [6.45, 7) is 3.20. The molecule has 6 nitrogen and oxygen atoms in total. The van der Waals surface area contributed by atoms with Crippen LogP contribution in [0.4, 0.5) is 0 Å². The molecule has 0 aromatic carbocycles. The molecule has 0 saturated carbocycles. The Labute approximate surface area is 114 Å². The number of hydrogen-bond donors (Lipinski definition) is 2. The first-order chi connectivity index (χ1) is 9.05. The highest BCUT2D eigenvalue weighted by Crippen LogP contribution is 2.26. The van der Waals surface area contributed by atoms with Gasteiger partial charge in [0.2, 0.25) is 0 Å². The van der Waals surface area contributed by atoms with Gasteiger partial charge in [-0.2, -0.15) is 4.31 Å². The number of sulfonamides is 1. The van der Waals surface area contributed by atoms with Crippen molar-refractivity contribution in [1.29, 1.82) is 0 Å². The van der Waals surface area contributed by atoms with Crippen LogP contribution in [0.5, 0.6) is 0 Å². The topological polar surface area (TPSA) is 78.1 Å². The Balaban J connectivity index is 2.21. The minimum Gasteiger partial charge on any atom is -0.332 e. The summed E-state index contributed by atoms with van der Waals surface area (Å²) in [6, 6.07) is 0.0924. The second-order valence-electron chi connectivity index (χ2n) is 4.99. The van der Waals surface area contributed by atoms with E-state index < -0.39 is 10.0 Å². The fourth-order valence-corrected chi connectivity index (χ4v) is 4.23. The van der Waals surface area contributed by atoms with Gasteiger partial charge >= 0.3 is 0 Å². The first-order valence-corrected chi connectivity index (χ1v) is 8.18. The highest BCUT2D eigenvalue weighted by molar-refractivity contribution is 7.89. The van der Waals surface area contributed by atoms with Crippen molar-refractivity contribution in [3.05, 3.63) is 12.0 Å². The van der Waals surface area contributed by atoms with Gasteiger partial charge in [0.05, 0.1) is 6.20 Å². The fourth-order valence-electron chi connectivity index (χ4n) is 2.55. The third-order valence-corrected chi connectivity index (χ3v) is 5.43. The molecule has 0 radical (unpaired) electrons. The Kier molecular flexibility index (Phi) is 4.59. The molecule has 7 heteroatoms. The van der Waals surface area contributed by atoms with Crippen molar-refractivity contribution < 1.29 is 8.42 Å². The van der Waals surface area contributed by atoms with E-state index in [1.54, 1.807) is 11.2 Å². The lowest BCUT2D eigenvalue weighted by molar-refractivity contribution is 0.240. The normalized spacial score (nSPS) is 21.7. The Morgan fingerprint density at radius 3 is 2.95 bits per heavy atom. The number of hydrogen-bond acceptors (Lipinski definition) is 4. The van der Waals surface area contributed by atoms with E-state index >= 15 is 0 Å². The number of nitrogens with zero attached hydrogens (tertiary/aromatic N) is 2. The van der Waals surface area contributed by atoms with Crippen LogP contribution in [-0.2, 0) is 10.0 Å². The van der Waals surface area contributed by atoms with Crippen molar-refractivity contribution in [2.24, 2.45) is 0 Å². The lowest BCUT2D eigenvalue weighted by Crippen LogP contribution is -2.44. The summed E-state index contributed by atoms with van der Waals surface area (Å²) in [5.41, 5.74) is 0. The number of aryl methyl sites for hydroxylation is 1. The second-order valence-corrected chi connectivity index (χ2v) is 6.85. The third kappa shape index (κ3) is 3.16. The van der Waals surface area contributed by atoms with Gasteiger partial charge in [-0.25, -0.2) is 13.4 Å². The van der Waals surface area contributed by atoms with E-state index in [4.69, 9.17) is 0 Å². The highest BCUT2D eigenvalue weighted by atomic mass is 32.2. The second kappa shape index (κ2) is 6.02. The fraction of sp³-hybridized carbons (Fsp3) is 0.750. The third-order valence-electron chi connectivity index (χ3n) is 3.57. The molecular formula is C12H22N4O2S. The predicted octanol–water partition coefficient (Wildman–Crippen LogP) is 0.871. The van der Waals surface area contributed by atoms with Gasteiger partial charge in [-0.3, -0.25) is 0 Å². The maximum Gasteiger partial charge on any atom is 0.260 e. The Morgan fingerprint density at radius 2 is 2.32 bits per heavy atom. The smallest absolute Gasteiger partial charge is 0.260 e. The van der Waals surface area contributed by atoms with Gasteiger partial charge < -0.3 is 10.3 Å². The van der Waals surface area contributed by atoms with E-state index in [0.29, 0.717) is 12.4 Å². The molecule has 1 aliphatic rings. The monoisotopic (exact) mass is 286 g/mol. The largest absolute Gasteiger partial charge is 0.332 e. The highest BCUT2D eigenvalue weighted by Gasteiger charge is 2.34. The molecule has 0 bridgehead atoms. The molecule has 1 fully saturated rings. The van der Waals surface area contributed by atoms with Crippen molar-refractivity contribution in [2.75, 3.05) is 20.1 Å². The number of H-pyrrole nitrogens is 1. The van der Waals surface area contributed by atoms with E-state index in [0.717, 1.165) is 32.2 Å². The van der Waals surface area contributed by atoms with Crippen molar-refractivity contribution >= 4 is 10.0 Å². The summed E-state index contributed by atoms with van der Waals surface area (Å²) in [5, 5.41) is 3.30. The molecule has 1 aromatic rings. The lowest BCUT2D eigenvalue weighted by Gasteiger charge is -2.34. The number of imidazole rings is 1. The summed E-state index contributed by atoms with van der Waals surface area (Å²) in [7, 11) is -1.54. The average Bonchev–Trinajstić information content (AvgIpc) is 2.84. The number of rotatable bonds is 5. The molecule has 0 spiro atoms. The van der Waals surface area contributed by atoms with Gasteiger partial charge in [0.1, 0.15) is 5.82 Å². The van der Waals surface area contributed by atoms with Crippen LogP contribution < -0.4 is 5.32 Å². The molecule has 19 heavy (non-hydrogen) atoms. The zero-order chi connectivity index (χ0) is 13.9. The molecule has 2 N–H and O–H groups in total. The SMILES string of the molecule is CNCCC1CCCCN1S(=O)(=O)c1cnc(C)[nH]1. The molecule has 108 valence electrons. The van der Waals surface area contributed by atoms with E-state index in [1.165, 1.54) is 6.20 Å². The van der Waals surface area contributed by atoms with Crippen LogP contribution in [0.2, 0.25) is 0 Å². The molecule has 2 rings (SSSR count). The molecule has 0 amide bonds. The van der Waals surface area contributed by atoms with Crippen molar-refractivity contribution in [1.82, 2.24) is 19.6 Å². The summed E-state index contributed by atoms with van der Waals surface area (Å²) in [5.74, 6) is 0.627. The molecule has 1 atom stereocenters. The van der Waals surface area contributed by atoms with Crippen LogP contribution in [0.1, 0.15) is 31.5 Å². The van der Waals surface area contributed by atoms with E-state index in [2.05, 4.69) is 15.3 Å². The molecule has 1 unspecified atom stereocenters. The van der Waals surface area contributed by atoms with Gasteiger partial charge in [0.15, 0.2) is 5.03 Å². The summed E-state index contributed by atoms with van der Waals surface area (Å²) in [4.78, 5) is 6.83. The minimum absolute atomic E-state index is 0.0924. The van der Waals surface area contributed by atoms with E-state index in [1.807, 2.05) is 7.05 Å². The van der Waals surface area contributed by atoms with Gasteiger partial charge in [0, 0.05) is 12.6 Å². The predicted molar refractivity (Wildman–Crippen MR) is 73.4 cm³/mol. The van der Waals surface area contributed by atoms with E-state index in [-0.39, 0.29) is 11.1 Å². The van der Waals surface area contributed by atoms with Crippen LogP contribution in [0.3, 0.4) is 0 Å². The van der Waals surface area contributed by atoms with Gasteiger partial charge in [-0.05, 0) is 39.8 Å². The summed E-state index contributed by atoms with van der Waals surface area (Å²) < 4.78 is 26.9. The Hall–Kier alpha value is -0.920. The quantitative estimate of drug-likeness (QED) is 0.842. The van der Waals surface area contributed by atoms with Crippen LogP contribution in [0.15, 0.2) is 11.2 Å². The van der Waals surface area contributed by atoms with E-state index in [9.17, 15) is 8.42 Å². The minimum atomic E-state index is -3.43. The van der Waals surface area contributed by atoms with Crippen LogP contribution in [0, 0.1) is 6.92 Å². The van der Waals surface area contributed by atoms with Crippen LogP contribution >= 0.6 is 0 Å². The number of aromatic amines is 1. The average molecular weight is 286 g/mol. The van der Waals surface area contributed by atoms with Crippen molar-refractivity contribution in [3.8, 4) is 0 Å².